The maximum Gasteiger partial charge on any atom is 0.167 e. The fraction of sp³-hybridized carbons (Fsp3) is 0.188. The molecule has 2 aromatic rings. The van der Waals surface area contributed by atoms with Gasteiger partial charge in [-0.05, 0) is 25.1 Å². The molecular formula is C16H15BrO2. The average molecular weight is 319 g/mol. The SMILES string of the molecule is COc1ccc(C)cc1CC(=O)c1ccc(Br)cc1. The molecule has 0 aliphatic heterocycles. The Hall–Kier alpha value is -1.61. The van der Waals surface area contributed by atoms with E-state index in [1.165, 1.54) is 0 Å². The van der Waals surface area contributed by atoms with Gasteiger partial charge in [0, 0.05) is 22.0 Å². The van der Waals surface area contributed by atoms with E-state index in [4.69, 9.17) is 4.74 Å². The van der Waals surface area contributed by atoms with E-state index in [1.807, 2.05) is 49.4 Å². The summed E-state index contributed by atoms with van der Waals surface area (Å²) >= 11 is 3.36. The van der Waals surface area contributed by atoms with Crippen LogP contribution in [0.25, 0.3) is 0 Å². The lowest BCUT2D eigenvalue weighted by Gasteiger charge is -2.09. The molecule has 0 fully saturated rings. The van der Waals surface area contributed by atoms with Gasteiger partial charge in [0.05, 0.1) is 7.11 Å². The monoisotopic (exact) mass is 318 g/mol. The molecule has 2 aromatic carbocycles. The number of carbonyl (C=O) groups is 1. The van der Waals surface area contributed by atoms with Crippen molar-refractivity contribution < 1.29 is 9.53 Å². The van der Waals surface area contributed by atoms with Gasteiger partial charge in [-0.2, -0.15) is 0 Å². The van der Waals surface area contributed by atoms with Crippen LogP contribution in [0.4, 0.5) is 0 Å². The number of ether oxygens (including phenoxy) is 1. The number of hydrogen-bond donors (Lipinski definition) is 0. The number of ketones is 1. The van der Waals surface area contributed by atoms with Crippen molar-refractivity contribution in [3.05, 3.63) is 63.6 Å². The second kappa shape index (κ2) is 6.02. The topological polar surface area (TPSA) is 26.3 Å². The summed E-state index contributed by atoms with van der Waals surface area (Å²) in [5, 5.41) is 0. The first-order valence-corrected chi connectivity index (χ1v) is 6.81. The van der Waals surface area contributed by atoms with E-state index >= 15 is 0 Å². The van der Waals surface area contributed by atoms with Gasteiger partial charge in [-0.15, -0.1) is 0 Å². The van der Waals surface area contributed by atoms with Crippen molar-refractivity contribution in [1.29, 1.82) is 0 Å². The van der Waals surface area contributed by atoms with Crippen molar-refractivity contribution in [2.45, 2.75) is 13.3 Å². The fourth-order valence-corrected chi connectivity index (χ4v) is 2.22. The minimum atomic E-state index is 0.0939. The number of hydrogen-bond acceptors (Lipinski definition) is 2. The number of rotatable bonds is 4. The van der Waals surface area contributed by atoms with Crippen molar-refractivity contribution in [2.24, 2.45) is 0 Å². The summed E-state index contributed by atoms with van der Waals surface area (Å²) in [6, 6.07) is 13.3. The zero-order valence-electron chi connectivity index (χ0n) is 10.9. The van der Waals surface area contributed by atoms with Crippen LogP contribution >= 0.6 is 15.9 Å². The third-order valence-corrected chi connectivity index (χ3v) is 3.48. The van der Waals surface area contributed by atoms with Crippen LogP contribution < -0.4 is 4.74 Å². The molecule has 0 unspecified atom stereocenters. The average Bonchev–Trinajstić information content (AvgIpc) is 2.39. The van der Waals surface area contributed by atoms with Gasteiger partial charge in [-0.1, -0.05) is 45.8 Å². The summed E-state index contributed by atoms with van der Waals surface area (Å²) in [5.41, 5.74) is 2.77. The third kappa shape index (κ3) is 3.44. The Labute approximate surface area is 121 Å². The van der Waals surface area contributed by atoms with E-state index < -0.39 is 0 Å². The molecule has 0 spiro atoms. The third-order valence-electron chi connectivity index (χ3n) is 2.95. The number of aryl methyl sites for hydroxylation is 1. The Kier molecular flexibility index (Phi) is 4.38. The van der Waals surface area contributed by atoms with Crippen LogP contribution in [0.3, 0.4) is 0 Å². The minimum absolute atomic E-state index is 0.0939. The molecule has 2 rings (SSSR count). The molecule has 0 saturated heterocycles. The highest BCUT2D eigenvalue weighted by Crippen LogP contribution is 2.22. The molecule has 19 heavy (non-hydrogen) atoms. The van der Waals surface area contributed by atoms with Gasteiger partial charge in [-0.25, -0.2) is 0 Å². The molecule has 3 heteroatoms. The molecule has 0 atom stereocenters. The van der Waals surface area contributed by atoms with Gasteiger partial charge in [0.2, 0.25) is 0 Å². The van der Waals surface area contributed by atoms with E-state index in [-0.39, 0.29) is 5.78 Å². The molecule has 0 amide bonds. The molecule has 0 aliphatic rings. The second-order valence-electron chi connectivity index (χ2n) is 4.42. The Morgan fingerprint density at radius 1 is 1.16 bits per heavy atom. The predicted octanol–water partition coefficient (Wildman–Crippen LogP) is 4.19. The molecule has 0 aromatic heterocycles. The number of Topliss-reactive ketones (excluding diaryl/α,β-unsaturated/α-hetero) is 1. The summed E-state index contributed by atoms with van der Waals surface area (Å²) in [7, 11) is 1.62. The molecule has 0 aliphatic carbocycles. The zero-order valence-corrected chi connectivity index (χ0v) is 12.5. The van der Waals surface area contributed by atoms with Crippen LogP contribution in [0.5, 0.6) is 5.75 Å². The Morgan fingerprint density at radius 2 is 1.84 bits per heavy atom. The van der Waals surface area contributed by atoms with Crippen LogP contribution in [0.1, 0.15) is 21.5 Å². The number of benzene rings is 2. The lowest BCUT2D eigenvalue weighted by Crippen LogP contribution is -2.05. The van der Waals surface area contributed by atoms with Gasteiger partial charge in [0.1, 0.15) is 5.75 Å². The van der Waals surface area contributed by atoms with Crippen molar-refractivity contribution in [3.63, 3.8) is 0 Å². The predicted molar refractivity (Wildman–Crippen MR) is 79.9 cm³/mol. The van der Waals surface area contributed by atoms with Crippen molar-refractivity contribution in [3.8, 4) is 5.75 Å². The molecule has 2 nitrogen and oxygen atoms in total. The van der Waals surface area contributed by atoms with Crippen LogP contribution in [0.2, 0.25) is 0 Å². The Balaban J connectivity index is 2.23. The van der Waals surface area contributed by atoms with Crippen molar-refractivity contribution >= 4 is 21.7 Å². The van der Waals surface area contributed by atoms with Crippen LogP contribution in [0, 0.1) is 6.92 Å². The summed E-state index contributed by atoms with van der Waals surface area (Å²) in [4.78, 5) is 12.2. The summed E-state index contributed by atoms with van der Waals surface area (Å²) < 4.78 is 6.27. The van der Waals surface area contributed by atoms with E-state index in [0.29, 0.717) is 12.0 Å². The molecule has 0 saturated carbocycles. The number of carbonyl (C=O) groups excluding carboxylic acids is 1. The maximum atomic E-state index is 12.2. The van der Waals surface area contributed by atoms with E-state index in [2.05, 4.69) is 15.9 Å². The van der Waals surface area contributed by atoms with Gasteiger partial charge < -0.3 is 4.74 Å². The van der Waals surface area contributed by atoms with Crippen LogP contribution in [-0.2, 0) is 6.42 Å². The minimum Gasteiger partial charge on any atom is -0.496 e. The lowest BCUT2D eigenvalue weighted by molar-refractivity contribution is 0.0992. The summed E-state index contributed by atoms with van der Waals surface area (Å²) in [6.07, 6.45) is 0.354. The summed E-state index contributed by atoms with van der Waals surface area (Å²) in [6.45, 7) is 2.01. The molecule has 0 radical (unpaired) electrons. The van der Waals surface area contributed by atoms with Gasteiger partial charge in [0.15, 0.2) is 5.78 Å². The highest BCUT2D eigenvalue weighted by Gasteiger charge is 2.11. The normalized spacial score (nSPS) is 10.3. The van der Waals surface area contributed by atoms with Gasteiger partial charge >= 0.3 is 0 Å². The first-order valence-electron chi connectivity index (χ1n) is 6.02. The Morgan fingerprint density at radius 3 is 2.47 bits per heavy atom. The molecule has 0 heterocycles. The Bertz CT molecular complexity index is 588. The molecule has 0 N–H and O–H groups in total. The van der Waals surface area contributed by atoms with E-state index in [0.717, 1.165) is 21.3 Å². The van der Waals surface area contributed by atoms with E-state index in [1.54, 1.807) is 7.11 Å². The van der Waals surface area contributed by atoms with E-state index in [9.17, 15) is 4.79 Å². The second-order valence-corrected chi connectivity index (χ2v) is 5.34. The maximum absolute atomic E-state index is 12.2. The largest absolute Gasteiger partial charge is 0.496 e. The first kappa shape index (κ1) is 13.8. The molecule has 98 valence electrons. The standard InChI is InChI=1S/C16H15BrO2/c1-11-3-8-16(19-2)13(9-11)10-15(18)12-4-6-14(17)7-5-12/h3-9H,10H2,1-2H3. The van der Waals surface area contributed by atoms with Crippen molar-refractivity contribution in [2.75, 3.05) is 7.11 Å². The molecular weight excluding hydrogens is 304 g/mol. The van der Waals surface area contributed by atoms with Crippen LogP contribution in [0.15, 0.2) is 46.9 Å². The zero-order chi connectivity index (χ0) is 13.8. The van der Waals surface area contributed by atoms with Gasteiger partial charge in [0.25, 0.3) is 0 Å². The highest BCUT2D eigenvalue weighted by molar-refractivity contribution is 9.10. The summed E-state index contributed by atoms with van der Waals surface area (Å²) in [5.74, 6) is 0.854. The quantitative estimate of drug-likeness (QED) is 0.790. The first-order chi connectivity index (χ1) is 9.10. The number of halogens is 1. The van der Waals surface area contributed by atoms with Crippen LogP contribution in [-0.4, -0.2) is 12.9 Å². The van der Waals surface area contributed by atoms with Crippen molar-refractivity contribution in [1.82, 2.24) is 0 Å². The van der Waals surface area contributed by atoms with Gasteiger partial charge in [-0.3, -0.25) is 4.79 Å². The lowest BCUT2D eigenvalue weighted by atomic mass is 10.0. The fourth-order valence-electron chi connectivity index (χ4n) is 1.96. The number of methoxy groups -OCH3 is 1. The highest BCUT2D eigenvalue weighted by atomic mass is 79.9. The smallest absolute Gasteiger partial charge is 0.167 e. The molecule has 0 bridgehead atoms.